The number of nitrogens with zero attached hydrogens (tertiary/aromatic N) is 3. The van der Waals surface area contributed by atoms with E-state index in [9.17, 15) is 13.2 Å². The minimum Gasteiger partial charge on any atom is -0.333 e. The predicted octanol–water partition coefficient (Wildman–Crippen LogP) is 4.83. The first-order valence-electron chi connectivity index (χ1n) is 8.28. The number of aryl methyl sites for hydroxylation is 1. The second-order valence-electron chi connectivity index (χ2n) is 5.58. The lowest BCUT2D eigenvalue weighted by Crippen LogP contribution is -1.97. The largest absolute Gasteiger partial charge is 0.333 e. The first-order valence-corrected chi connectivity index (χ1v) is 8.28. The average Bonchev–Trinajstić information content (AvgIpc) is 2.72. The molecule has 144 valence electrons. The fourth-order valence-electron chi connectivity index (χ4n) is 2.49. The lowest BCUT2D eigenvalue weighted by molar-refractivity contribution is 0.496. The third kappa shape index (κ3) is 4.69. The van der Waals surface area contributed by atoms with E-state index in [4.69, 9.17) is 0 Å². The van der Waals surface area contributed by atoms with E-state index in [1.807, 2.05) is 0 Å². The summed E-state index contributed by atoms with van der Waals surface area (Å²) in [5.41, 5.74) is 6.93. The topological polar surface area (TPSA) is 63.6 Å². The van der Waals surface area contributed by atoms with Crippen LogP contribution in [0.4, 0.5) is 18.9 Å². The third-order valence-corrected chi connectivity index (χ3v) is 3.81. The number of aliphatic imine (C=N–C) groups is 2. The molecule has 0 spiro atoms. The number of pyridine rings is 1. The van der Waals surface area contributed by atoms with Gasteiger partial charge in [0, 0.05) is 29.6 Å². The standard InChI is InChI=1S/C20H14F3N3.CH5N/c1-12-8-13(15-9-17(22)18(23)10-16(15)21)5-6-19(12)26-20(24-2)14-4-3-7-25-11-14;1-2/h3-11H,2H2,1H3;2H2,1H3. The van der Waals surface area contributed by atoms with E-state index in [0.29, 0.717) is 28.7 Å². The van der Waals surface area contributed by atoms with Crippen molar-refractivity contribution in [2.24, 2.45) is 15.7 Å². The minimum atomic E-state index is -1.22. The first kappa shape index (κ1) is 21.0. The molecule has 2 aromatic carbocycles. The Morgan fingerprint density at radius 1 is 1.00 bits per heavy atom. The Labute approximate surface area is 161 Å². The fraction of sp³-hybridized carbons (Fsp3) is 0.0952. The molecule has 2 N–H and O–H groups in total. The van der Waals surface area contributed by atoms with E-state index in [1.165, 1.54) is 7.05 Å². The summed E-state index contributed by atoms with van der Waals surface area (Å²) in [4.78, 5) is 12.4. The van der Waals surface area contributed by atoms with Gasteiger partial charge in [-0.2, -0.15) is 0 Å². The average molecular weight is 384 g/mol. The molecule has 0 fully saturated rings. The van der Waals surface area contributed by atoms with Gasteiger partial charge in [-0.3, -0.25) is 4.98 Å². The molecular weight excluding hydrogens is 365 g/mol. The molecule has 0 saturated heterocycles. The molecule has 28 heavy (non-hydrogen) atoms. The van der Waals surface area contributed by atoms with Crippen molar-refractivity contribution in [1.82, 2.24) is 4.98 Å². The fourth-order valence-corrected chi connectivity index (χ4v) is 2.49. The predicted molar refractivity (Wildman–Crippen MR) is 107 cm³/mol. The molecule has 3 rings (SSSR count). The summed E-state index contributed by atoms with van der Waals surface area (Å²) in [5, 5.41) is 0. The number of aromatic nitrogens is 1. The lowest BCUT2D eigenvalue weighted by atomic mass is 10.0. The summed E-state index contributed by atoms with van der Waals surface area (Å²) in [6.45, 7) is 5.30. The van der Waals surface area contributed by atoms with Gasteiger partial charge in [0.15, 0.2) is 17.5 Å². The number of amidine groups is 1. The van der Waals surface area contributed by atoms with Crippen LogP contribution in [0.15, 0.2) is 64.8 Å². The summed E-state index contributed by atoms with van der Waals surface area (Å²) in [5.74, 6) is -2.76. The first-order chi connectivity index (χ1) is 13.5. The lowest BCUT2D eigenvalue weighted by Gasteiger charge is -2.08. The van der Waals surface area contributed by atoms with Gasteiger partial charge in [-0.05, 0) is 62.1 Å². The molecule has 0 unspecified atom stereocenters. The van der Waals surface area contributed by atoms with Gasteiger partial charge in [-0.25, -0.2) is 23.2 Å². The monoisotopic (exact) mass is 384 g/mol. The van der Waals surface area contributed by atoms with Crippen LogP contribution in [-0.4, -0.2) is 24.6 Å². The molecule has 1 heterocycles. The quantitative estimate of drug-likeness (QED) is 0.399. The Kier molecular flexibility index (Phi) is 7.17. The minimum absolute atomic E-state index is 0.0168. The van der Waals surface area contributed by atoms with Crippen LogP contribution >= 0.6 is 0 Å². The van der Waals surface area contributed by atoms with Crippen molar-refractivity contribution in [3.8, 4) is 11.1 Å². The molecule has 4 nitrogen and oxygen atoms in total. The highest BCUT2D eigenvalue weighted by molar-refractivity contribution is 6.02. The molecule has 0 saturated carbocycles. The molecule has 0 radical (unpaired) electrons. The number of hydrogen-bond donors (Lipinski definition) is 1. The highest BCUT2D eigenvalue weighted by atomic mass is 19.2. The zero-order chi connectivity index (χ0) is 20.7. The van der Waals surface area contributed by atoms with Gasteiger partial charge in [-0.1, -0.05) is 6.07 Å². The van der Waals surface area contributed by atoms with Crippen LogP contribution in [0, 0.1) is 24.4 Å². The molecule has 0 atom stereocenters. The summed E-state index contributed by atoms with van der Waals surface area (Å²) >= 11 is 0. The smallest absolute Gasteiger partial charge is 0.161 e. The van der Waals surface area contributed by atoms with Crippen molar-refractivity contribution in [1.29, 1.82) is 0 Å². The van der Waals surface area contributed by atoms with Gasteiger partial charge in [0.25, 0.3) is 0 Å². The van der Waals surface area contributed by atoms with E-state index >= 15 is 0 Å². The molecule has 0 bridgehead atoms. The molecule has 3 aromatic rings. The van der Waals surface area contributed by atoms with E-state index in [1.54, 1.807) is 49.6 Å². The Hall–Kier alpha value is -3.32. The van der Waals surface area contributed by atoms with Crippen molar-refractivity contribution in [2.75, 3.05) is 7.05 Å². The van der Waals surface area contributed by atoms with Gasteiger partial charge in [0.05, 0.1) is 5.69 Å². The van der Waals surface area contributed by atoms with Crippen LogP contribution in [0.2, 0.25) is 0 Å². The van der Waals surface area contributed by atoms with E-state index < -0.39 is 17.5 Å². The van der Waals surface area contributed by atoms with Gasteiger partial charge < -0.3 is 5.73 Å². The number of halogens is 3. The molecule has 0 aliphatic rings. The van der Waals surface area contributed by atoms with Gasteiger partial charge >= 0.3 is 0 Å². The van der Waals surface area contributed by atoms with Crippen molar-refractivity contribution in [2.45, 2.75) is 6.92 Å². The molecule has 7 heteroatoms. The molecule has 0 aliphatic carbocycles. The summed E-state index contributed by atoms with van der Waals surface area (Å²) in [6, 6.07) is 9.85. The van der Waals surface area contributed by atoms with Crippen molar-refractivity contribution in [3.05, 3.63) is 83.4 Å². The van der Waals surface area contributed by atoms with E-state index in [2.05, 4.69) is 27.4 Å². The maximum absolute atomic E-state index is 14.0. The Balaban J connectivity index is 0.00000136. The van der Waals surface area contributed by atoms with Crippen LogP contribution < -0.4 is 5.73 Å². The Bertz CT molecular complexity index is 1000. The highest BCUT2D eigenvalue weighted by Crippen LogP contribution is 2.30. The molecular formula is C21H19F3N4. The van der Waals surface area contributed by atoms with Crippen molar-refractivity contribution < 1.29 is 13.2 Å². The van der Waals surface area contributed by atoms with Crippen LogP contribution in [0.1, 0.15) is 11.1 Å². The SMILES string of the molecule is C=NC(=Nc1ccc(-c2cc(F)c(F)cc2F)cc1C)c1cccnc1.CN. The molecule has 0 amide bonds. The van der Waals surface area contributed by atoms with Gasteiger partial charge in [0.2, 0.25) is 0 Å². The highest BCUT2D eigenvalue weighted by Gasteiger charge is 2.12. The van der Waals surface area contributed by atoms with Crippen molar-refractivity contribution >= 4 is 18.2 Å². The van der Waals surface area contributed by atoms with Crippen LogP contribution in [0.25, 0.3) is 11.1 Å². The molecule has 0 aliphatic heterocycles. The zero-order valence-electron chi connectivity index (χ0n) is 15.5. The van der Waals surface area contributed by atoms with Crippen LogP contribution in [-0.2, 0) is 0 Å². The molecule has 1 aromatic heterocycles. The second-order valence-corrected chi connectivity index (χ2v) is 5.58. The van der Waals surface area contributed by atoms with Gasteiger partial charge in [0.1, 0.15) is 5.82 Å². The zero-order valence-corrected chi connectivity index (χ0v) is 15.5. The maximum Gasteiger partial charge on any atom is 0.161 e. The summed E-state index contributed by atoms with van der Waals surface area (Å²) in [7, 11) is 1.50. The van der Waals surface area contributed by atoms with Crippen LogP contribution in [0.3, 0.4) is 0 Å². The van der Waals surface area contributed by atoms with Gasteiger partial charge in [-0.15, -0.1) is 0 Å². The Morgan fingerprint density at radius 3 is 2.32 bits per heavy atom. The number of rotatable bonds is 3. The number of benzene rings is 2. The van der Waals surface area contributed by atoms with Crippen LogP contribution in [0.5, 0.6) is 0 Å². The van der Waals surface area contributed by atoms with Crippen molar-refractivity contribution in [3.63, 3.8) is 0 Å². The summed E-state index contributed by atoms with van der Waals surface area (Å²) < 4.78 is 40.5. The van der Waals surface area contributed by atoms with E-state index in [-0.39, 0.29) is 5.56 Å². The second kappa shape index (κ2) is 9.57. The maximum atomic E-state index is 14.0. The number of hydrogen-bond acceptors (Lipinski definition) is 3. The normalized spacial score (nSPS) is 10.9. The van der Waals surface area contributed by atoms with E-state index in [0.717, 1.165) is 11.6 Å². The summed E-state index contributed by atoms with van der Waals surface area (Å²) in [6.07, 6.45) is 3.26. The number of nitrogens with two attached hydrogens (primary N) is 1. The third-order valence-electron chi connectivity index (χ3n) is 3.81. The Morgan fingerprint density at radius 2 is 1.71 bits per heavy atom.